The number of likely N-dealkylation sites (N-methyl/N-ethyl adjacent to an activating group) is 1. The molecule has 0 aliphatic rings. The van der Waals surface area contributed by atoms with Crippen molar-refractivity contribution in [2.24, 2.45) is 0 Å². The van der Waals surface area contributed by atoms with Gasteiger partial charge in [0.25, 0.3) is 0 Å². The summed E-state index contributed by atoms with van der Waals surface area (Å²) in [5.74, 6) is 1.63. The molecule has 0 spiro atoms. The van der Waals surface area contributed by atoms with Crippen molar-refractivity contribution < 1.29 is 4.74 Å². The summed E-state index contributed by atoms with van der Waals surface area (Å²) in [6, 6.07) is 19.7. The maximum atomic E-state index is 6.10. The first kappa shape index (κ1) is 20.0. The molecule has 0 saturated heterocycles. The summed E-state index contributed by atoms with van der Waals surface area (Å²) >= 11 is 6.10. The van der Waals surface area contributed by atoms with Crippen LogP contribution in [0.3, 0.4) is 0 Å². The van der Waals surface area contributed by atoms with Crippen LogP contribution in [0.15, 0.2) is 79.3 Å². The monoisotopic (exact) mass is 418 g/mol. The molecule has 152 valence electrons. The third-order valence-corrected chi connectivity index (χ3v) is 5.27. The highest BCUT2D eigenvalue weighted by Gasteiger charge is 2.16. The van der Waals surface area contributed by atoms with Crippen LogP contribution in [0.5, 0.6) is 5.75 Å². The van der Waals surface area contributed by atoms with E-state index in [-0.39, 0.29) is 0 Å². The molecule has 2 aromatic carbocycles. The highest BCUT2D eigenvalue weighted by Crippen LogP contribution is 2.31. The van der Waals surface area contributed by atoms with Gasteiger partial charge in [0.1, 0.15) is 11.6 Å². The molecule has 0 saturated carbocycles. The molecule has 0 fully saturated rings. The van der Waals surface area contributed by atoms with Gasteiger partial charge in [-0.3, -0.25) is 9.55 Å². The van der Waals surface area contributed by atoms with Crippen molar-refractivity contribution >= 4 is 17.3 Å². The number of aromatic nitrogens is 3. The van der Waals surface area contributed by atoms with E-state index in [1.54, 1.807) is 19.5 Å². The fourth-order valence-corrected chi connectivity index (χ4v) is 3.50. The average Bonchev–Trinajstić information content (AvgIpc) is 3.22. The van der Waals surface area contributed by atoms with Crippen molar-refractivity contribution in [3.8, 4) is 22.8 Å². The van der Waals surface area contributed by atoms with Crippen molar-refractivity contribution in [3.63, 3.8) is 0 Å². The Morgan fingerprint density at radius 2 is 1.73 bits per heavy atom. The maximum absolute atomic E-state index is 6.10. The third kappa shape index (κ3) is 4.31. The van der Waals surface area contributed by atoms with E-state index in [4.69, 9.17) is 21.3 Å². The van der Waals surface area contributed by atoms with Crippen LogP contribution in [-0.4, -0.2) is 35.2 Å². The number of ether oxygens (including phenoxy) is 1. The van der Waals surface area contributed by atoms with Crippen LogP contribution >= 0.6 is 11.6 Å². The molecule has 0 aliphatic heterocycles. The molecule has 0 aliphatic carbocycles. The number of para-hydroxylation sites is 1. The van der Waals surface area contributed by atoms with Crippen LogP contribution in [0.1, 0.15) is 5.69 Å². The van der Waals surface area contributed by atoms with Gasteiger partial charge in [-0.05, 0) is 48.5 Å². The lowest BCUT2D eigenvalue weighted by atomic mass is 10.2. The number of methoxy groups -OCH3 is 1. The minimum absolute atomic E-state index is 0.705. The number of imidazole rings is 1. The topological polar surface area (TPSA) is 43.2 Å². The van der Waals surface area contributed by atoms with Gasteiger partial charge in [0.2, 0.25) is 0 Å². The highest BCUT2D eigenvalue weighted by atomic mass is 35.5. The SMILES string of the molecule is COc1ccccc1-c1nc(CCN(C)c2ccncc2)cn1-c1ccc(Cl)cc1. The first-order valence-corrected chi connectivity index (χ1v) is 10.1. The van der Waals surface area contributed by atoms with Gasteiger partial charge in [-0.15, -0.1) is 0 Å². The standard InChI is InChI=1S/C24H23ClN4O/c1-28(20-11-14-26-15-12-20)16-13-19-17-29(21-9-7-18(25)8-10-21)24(27-19)22-5-3-4-6-23(22)30-2/h3-12,14-15,17H,13,16H2,1-2H3. The van der Waals surface area contributed by atoms with E-state index in [2.05, 4.69) is 27.7 Å². The second kappa shape index (κ2) is 9.01. The van der Waals surface area contributed by atoms with E-state index in [0.29, 0.717) is 5.02 Å². The number of halogens is 1. The Labute approximate surface area is 181 Å². The van der Waals surface area contributed by atoms with Gasteiger partial charge >= 0.3 is 0 Å². The second-order valence-corrected chi connectivity index (χ2v) is 7.42. The van der Waals surface area contributed by atoms with Crippen molar-refractivity contribution in [1.82, 2.24) is 14.5 Å². The largest absolute Gasteiger partial charge is 0.496 e. The molecule has 2 heterocycles. The molecule has 2 aromatic heterocycles. The van der Waals surface area contributed by atoms with Crippen LogP contribution in [0, 0.1) is 0 Å². The molecule has 5 nitrogen and oxygen atoms in total. The lowest BCUT2D eigenvalue weighted by Gasteiger charge is -2.18. The van der Waals surface area contributed by atoms with Crippen molar-refractivity contribution in [2.75, 3.05) is 25.6 Å². The molecule has 0 bridgehead atoms. The van der Waals surface area contributed by atoms with E-state index >= 15 is 0 Å². The molecule has 6 heteroatoms. The van der Waals surface area contributed by atoms with E-state index in [1.807, 2.05) is 60.7 Å². The van der Waals surface area contributed by atoms with Crippen LogP contribution in [0.2, 0.25) is 5.02 Å². The van der Waals surface area contributed by atoms with Gasteiger partial charge in [0, 0.05) is 55.0 Å². The first-order chi connectivity index (χ1) is 14.7. The Bertz CT molecular complexity index is 1110. The van der Waals surface area contributed by atoms with E-state index < -0.39 is 0 Å². The molecule has 0 radical (unpaired) electrons. The van der Waals surface area contributed by atoms with Gasteiger partial charge in [0.05, 0.1) is 18.4 Å². The van der Waals surface area contributed by atoms with Crippen LogP contribution in [0.25, 0.3) is 17.1 Å². The van der Waals surface area contributed by atoms with Crippen LogP contribution in [0.4, 0.5) is 5.69 Å². The number of pyridine rings is 1. The quantitative estimate of drug-likeness (QED) is 0.409. The number of hydrogen-bond donors (Lipinski definition) is 0. The lowest BCUT2D eigenvalue weighted by molar-refractivity contribution is 0.416. The number of anilines is 1. The normalized spacial score (nSPS) is 10.8. The molecule has 0 atom stereocenters. The van der Waals surface area contributed by atoms with Crippen LogP contribution < -0.4 is 9.64 Å². The van der Waals surface area contributed by atoms with Gasteiger partial charge in [-0.2, -0.15) is 0 Å². The lowest BCUT2D eigenvalue weighted by Crippen LogP contribution is -2.20. The summed E-state index contributed by atoms with van der Waals surface area (Å²) in [7, 11) is 3.76. The summed E-state index contributed by atoms with van der Waals surface area (Å²) in [6.45, 7) is 0.840. The molecule has 0 unspecified atom stereocenters. The Hall–Kier alpha value is -3.31. The highest BCUT2D eigenvalue weighted by molar-refractivity contribution is 6.30. The zero-order valence-electron chi connectivity index (χ0n) is 17.0. The summed E-state index contributed by atoms with van der Waals surface area (Å²) in [4.78, 5) is 11.3. The molecular formula is C24H23ClN4O. The van der Waals surface area contributed by atoms with E-state index in [9.17, 15) is 0 Å². The van der Waals surface area contributed by atoms with Crippen molar-refractivity contribution in [1.29, 1.82) is 0 Å². The number of benzene rings is 2. The molecule has 4 rings (SSSR count). The average molecular weight is 419 g/mol. The van der Waals surface area contributed by atoms with Gasteiger partial charge in [-0.1, -0.05) is 23.7 Å². The zero-order chi connectivity index (χ0) is 20.9. The summed E-state index contributed by atoms with van der Waals surface area (Å²) in [6.07, 6.45) is 6.51. The Balaban J connectivity index is 1.68. The van der Waals surface area contributed by atoms with Crippen molar-refractivity contribution in [3.05, 3.63) is 90.0 Å². The number of rotatable bonds is 7. The van der Waals surface area contributed by atoms with E-state index in [0.717, 1.165) is 47.2 Å². The van der Waals surface area contributed by atoms with E-state index in [1.165, 1.54) is 0 Å². The predicted molar refractivity (Wildman–Crippen MR) is 122 cm³/mol. The van der Waals surface area contributed by atoms with Gasteiger partial charge in [0.15, 0.2) is 0 Å². The minimum atomic E-state index is 0.705. The molecular weight excluding hydrogens is 396 g/mol. The molecule has 0 amide bonds. The Kier molecular flexibility index (Phi) is 6.00. The fraction of sp³-hybridized carbons (Fsp3) is 0.167. The minimum Gasteiger partial charge on any atom is -0.496 e. The first-order valence-electron chi connectivity index (χ1n) is 9.74. The third-order valence-electron chi connectivity index (χ3n) is 5.02. The van der Waals surface area contributed by atoms with Gasteiger partial charge < -0.3 is 9.64 Å². The number of hydrogen-bond acceptors (Lipinski definition) is 4. The number of nitrogens with zero attached hydrogens (tertiary/aromatic N) is 4. The summed E-state index contributed by atoms with van der Waals surface area (Å²) < 4.78 is 7.68. The maximum Gasteiger partial charge on any atom is 0.148 e. The summed E-state index contributed by atoms with van der Waals surface area (Å²) in [5.41, 5.74) is 4.09. The predicted octanol–water partition coefficient (Wildman–Crippen LogP) is 5.28. The second-order valence-electron chi connectivity index (χ2n) is 6.98. The fourth-order valence-electron chi connectivity index (χ4n) is 3.38. The smallest absolute Gasteiger partial charge is 0.148 e. The zero-order valence-corrected chi connectivity index (χ0v) is 17.8. The van der Waals surface area contributed by atoms with Crippen molar-refractivity contribution in [2.45, 2.75) is 6.42 Å². The Morgan fingerprint density at radius 3 is 2.47 bits per heavy atom. The van der Waals surface area contributed by atoms with Crippen LogP contribution in [-0.2, 0) is 6.42 Å². The summed E-state index contributed by atoms with van der Waals surface area (Å²) in [5, 5.41) is 0.705. The molecule has 0 N–H and O–H groups in total. The van der Waals surface area contributed by atoms with Gasteiger partial charge in [-0.25, -0.2) is 4.98 Å². The Morgan fingerprint density at radius 1 is 1.00 bits per heavy atom. The molecule has 30 heavy (non-hydrogen) atoms. The molecule has 4 aromatic rings.